The maximum Gasteiger partial charge on any atom is 0.266 e. The van der Waals surface area contributed by atoms with Crippen molar-refractivity contribution < 1.29 is 14.3 Å². The van der Waals surface area contributed by atoms with E-state index < -0.39 is 5.91 Å². The zero-order valence-corrected chi connectivity index (χ0v) is 20.7. The highest BCUT2D eigenvalue weighted by molar-refractivity contribution is 6.11. The quantitative estimate of drug-likeness (QED) is 0.220. The zero-order chi connectivity index (χ0) is 25.5. The highest BCUT2D eigenvalue weighted by Crippen LogP contribution is 2.31. The average molecular weight is 477 g/mol. The minimum atomic E-state index is -0.491. The van der Waals surface area contributed by atoms with Gasteiger partial charge in [0.2, 0.25) is 0 Å². The van der Waals surface area contributed by atoms with Gasteiger partial charge >= 0.3 is 0 Å². The van der Waals surface area contributed by atoms with Gasteiger partial charge in [-0.3, -0.25) is 4.79 Å². The predicted octanol–water partition coefficient (Wildman–Crippen LogP) is 6.98. The second kappa shape index (κ2) is 11.2. The summed E-state index contributed by atoms with van der Waals surface area (Å²) in [7, 11) is 0. The normalized spacial score (nSPS) is 11.1. The SMILES string of the molecule is CCOc1ccc(NC(=O)/C(C#N)=C/c2c(OCc3ccc(C)c(C)c3)ccc3ccccc23)cc1. The minimum Gasteiger partial charge on any atom is -0.494 e. The molecule has 0 saturated heterocycles. The van der Waals surface area contributed by atoms with Crippen LogP contribution in [0.1, 0.15) is 29.2 Å². The number of rotatable bonds is 8. The minimum absolute atomic E-state index is 0.0173. The maximum absolute atomic E-state index is 13.0. The Morgan fingerprint density at radius 1 is 0.944 bits per heavy atom. The number of hydrogen-bond donors (Lipinski definition) is 1. The van der Waals surface area contributed by atoms with E-state index in [0.29, 0.717) is 36.0 Å². The lowest BCUT2D eigenvalue weighted by atomic mass is 10.0. The van der Waals surface area contributed by atoms with E-state index >= 15 is 0 Å². The van der Waals surface area contributed by atoms with Crippen molar-refractivity contribution in [2.75, 3.05) is 11.9 Å². The Kier molecular flexibility index (Phi) is 7.67. The predicted molar refractivity (Wildman–Crippen MR) is 144 cm³/mol. The molecule has 0 fully saturated rings. The maximum atomic E-state index is 13.0. The lowest BCUT2D eigenvalue weighted by Crippen LogP contribution is -2.13. The van der Waals surface area contributed by atoms with Crippen molar-refractivity contribution >= 4 is 28.4 Å². The Morgan fingerprint density at radius 2 is 1.72 bits per heavy atom. The van der Waals surface area contributed by atoms with Crippen molar-refractivity contribution in [2.45, 2.75) is 27.4 Å². The third-order valence-electron chi connectivity index (χ3n) is 5.97. The summed E-state index contributed by atoms with van der Waals surface area (Å²) in [6, 6.07) is 27.0. The first-order valence-electron chi connectivity index (χ1n) is 11.8. The molecule has 0 bridgehead atoms. The van der Waals surface area contributed by atoms with E-state index in [1.807, 2.05) is 49.4 Å². The van der Waals surface area contributed by atoms with Crippen LogP contribution >= 0.6 is 0 Å². The van der Waals surface area contributed by atoms with Crippen molar-refractivity contribution in [2.24, 2.45) is 0 Å². The molecule has 5 nitrogen and oxygen atoms in total. The van der Waals surface area contributed by atoms with Gasteiger partial charge in [0.25, 0.3) is 5.91 Å². The molecule has 0 atom stereocenters. The highest BCUT2D eigenvalue weighted by atomic mass is 16.5. The molecule has 4 rings (SSSR count). The largest absolute Gasteiger partial charge is 0.494 e. The molecule has 4 aromatic rings. The van der Waals surface area contributed by atoms with Gasteiger partial charge in [0.1, 0.15) is 29.7 Å². The number of nitrogens with zero attached hydrogens (tertiary/aromatic N) is 1. The van der Waals surface area contributed by atoms with Crippen LogP contribution in [0.25, 0.3) is 16.8 Å². The monoisotopic (exact) mass is 476 g/mol. The summed E-state index contributed by atoms with van der Waals surface area (Å²) >= 11 is 0. The van der Waals surface area contributed by atoms with Gasteiger partial charge in [-0.25, -0.2) is 0 Å². The molecule has 0 aliphatic carbocycles. The Morgan fingerprint density at radius 3 is 2.44 bits per heavy atom. The van der Waals surface area contributed by atoms with E-state index in [1.165, 1.54) is 11.1 Å². The summed E-state index contributed by atoms with van der Waals surface area (Å²) < 4.78 is 11.7. The number of amides is 1. The van der Waals surface area contributed by atoms with Crippen molar-refractivity contribution in [3.05, 3.63) is 107 Å². The van der Waals surface area contributed by atoms with E-state index in [9.17, 15) is 10.1 Å². The number of hydrogen-bond acceptors (Lipinski definition) is 4. The Hall–Kier alpha value is -4.56. The summed E-state index contributed by atoms with van der Waals surface area (Å²) in [4.78, 5) is 13.0. The van der Waals surface area contributed by atoms with E-state index in [-0.39, 0.29) is 5.57 Å². The van der Waals surface area contributed by atoms with Crippen LogP contribution in [0, 0.1) is 25.2 Å². The lowest BCUT2D eigenvalue weighted by Gasteiger charge is -2.14. The topological polar surface area (TPSA) is 71.3 Å². The van der Waals surface area contributed by atoms with E-state index in [2.05, 4.69) is 37.4 Å². The van der Waals surface area contributed by atoms with Crippen LogP contribution in [0.15, 0.2) is 84.4 Å². The molecular formula is C31H28N2O3. The Bertz CT molecular complexity index is 1460. The molecule has 36 heavy (non-hydrogen) atoms. The average Bonchev–Trinajstić information content (AvgIpc) is 2.89. The number of aryl methyl sites for hydroxylation is 2. The summed E-state index contributed by atoms with van der Waals surface area (Å²) in [5.74, 6) is 0.830. The number of nitriles is 1. The van der Waals surface area contributed by atoms with Crippen molar-refractivity contribution in [1.29, 1.82) is 5.26 Å². The van der Waals surface area contributed by atoms with Gasteiger partial charge < -0.3 is 14.8 Å². The highest BCUT2D eigenvalue weighted by Gasteiger charge is 2.14. The molecule has 0 spiro atoms. The van der Waals surface area contributed by atoms with Crippen molar-refractivity contribution in [3.8, 4) is 17.6 Å². The first kappa shape index (κ1) is 24.6. The molecule has 0 saturated carbocycles. The fourth-order valence-electron chi connectivity index (χ4n) is 3.90. The molecule has 0 heterocycles. The van der Waals surface area contributed by atoms with Gasteiger partial charge in [0.05, 0.1) is 6.61 Å². The standard InChI is InChI=1S/C31H28N2O3/c1-4-35-27-14-12-26(13-15-27)33-31(34)25(19-32)18-29-28-8-6-5-7-24(28)11-16-30(29)36-20-23-10-9-21(2)22(3)17-23/h5-18H,4,20H2,1-3H3,(H,33,34)/b25-18+. The number of carbonyl (C=O) groups is 1. The third kappa shape index (κ3) is 5.73. The van der Waals surface area contributed by atoms with Crippen LogP contribution in [0.5, 0.6) is 11.5 Å². The summed E-state index contributed by atoms with van der Waals surface area (Å²) in [5.41, 5.74) is 4.73. The smallest absolute Gasteiger partial charge is 0.266 e. The Balaban J connectivity index is 1.64. The molecule has 5 heteroatoms. The van der Waals surface area contributed by atoms with Crippen LogP contribution in [0.2, 0.25) is 0 Å². The van der Waals surface area contributed by atoms with Gasteiger partial charge in [-0.05, 0) is 84.6 Å². The van der Waals surface area contributed by atoms with Gasteiger partial charge in [0.15, 0.2) is 0 Å². The van der Waals surface area contributed by atoms with Crippen molar-refractivity contribution in [1.82, 2.24) is 0 Å². The molecule has 0 radical (unpaired) electrons. The van der Waals surface area contributed by atoms with E-state index in [4.69, 9.17) is 9.47 Å². The summed E-state index contributed by atoms with van der Waals surface area (Å²) in [6.07, 6.45) is 1.60. The lowest BCUT2D eigenvalue weighted by molar-refractivity contribution is -0.112. The van der Waals surface area contributed by atoms with Gasteiger partial charge in [0, 0.05) is 11.3 Å². The molecular weight excluding hydrogens is 448 g/mol. The number of fused-ring (bicyclic) bond motifs is 1. The first-order chi connectivity index (χ1) is 17.5. The fourth-order valence-corrected chi connectivity index (χ4v) is 3.90. The molecule has 0 unspecified atom stereocenters. The van der Waals surface area contributed by atoms with E-state index in [1.54, 1.807) is 30.3 Å². The van der Waals surface area contributed by atoms with Crippen molar-refractivity contribution in [3.63, 3.8) is 0 Å². The molecule has 0 aliphatic rings. The van der Waals surface area contributed by atoms with Crippen LogP contribution in [0.3, 0.4) is 0 Å². The zero-order valence-electron chi connectivity index (χ0n) is 20.7. The number of anilines is 1. The van der Waals surface area contributed by atoms with E-state index in [0.717, 1.165) is 16.3 Å². The van der Waals surface area contributed by atoms with Gasteiger partial charge in [-0.15, -0.1) is 0 Å². The molecule has 0 aliphatic heterocycles. The second-order valence-electron chi connectivity index (χ2n) is 8.49. The third-order valence-corrected chi connectivity index (χ3v) is 5.97. The van der Waals surface area contributed by atoms with Crippen LogP contribution in [-0.2, 0) is 11.4 Å². The molecule has 1 amide bonds. The summed E-state index contributed by atoms with van der Waals surface area (Å²) in [6.45, 7) is 7.00. The van der Waals surface area contributed by atoms with Gasteiger partial charge in [-0.2, -0.15) is 5.26 Å². The number of benzene rings is 4. The summed E-state index contributed by atoms with van der Waals surface area (Å²) in [5, 5.41) is 14.5. The molecule has 0 aromatic heterocycles. The van der Waals surface area contributed by atoms with Crippen LogP contribution < -0.4 is 14.8 Å². The number of nitrogens with one attached hydrogen (secondary N) is 1. The Labute approximate surface area is 211 Å². The second-order valence-corrected chi connectivity index (χ2v) is 8.49. The molecule has 4 aromatic carbocycles. The molecule has 180 valence electrons. The molecule has 1 N–H and O–H groups in total. The first-order valence-corrected chi connectivity index (χ1v) is 11.8. The van der Waals surface area contributed by atoms with Gasteiger partial charge in [-0.1, -0.05) is 48.5 Å². The van der Waals surface area contributed by atoms with Crippen LogP contribution in [0.4, 0.5) is 5.69 Å². The number of carbonyl (C=O) groups excluding carboxylic acids is 1. The van der Waals surface area contributed by atoms with Crippen LogP contribution in [-0.4, -0.2) is 12.5 Å². The number of ether oxygens (including phenoxy) is 2. The fraction of sp³-hybridized carbons (Fsp3) is 0.161.